The summed E-state index contributed by atoms with van der Waals surface area (Å²) in [5.74, 6) is -0.654. The smallest absolute Gasteiger partial charge is 0.291 e. The van der Waals surface area contributed by atoms with Crippen molar-refractivity contribution in [1.29, 1.82) is 0 Å². The quantitative estimate of drug-likeness (QED) is 0.373. The highest BCUT2D eigenvalue weighted by Crippen LogP contribution is 2.29. The Bertz CT molecular complexity index is 1560. The Kier molecular flexibility index (Phi) is 6.20. The Balaban J connectivity index is 1.51. The molecule has 0 aliphatic heterocycles. The summed E-state index contributed by atoms with van der Waals surface area (Å²) in [6.45, 7) is 3.58. The molecule has 174 valence electrons. The summed E-state index contributed by atoms with van der Waals surface area (Å²) >= 11 is 6.05. The number of amides is 2. The van der Waals surface area contributed by atoms with E-state index in [2.05, 4.69) is 10.6 Å². The van der Waals surface area contributed by atoms with Gasteiger partial charge in [-0.25, -0.2) is 8.42 Å². The highest BCUT2D eigenvalue weighted by Gasteiger charge is 2.19. The van der Waals surface area contributed by atoms with Crippen molar-refractivity contribution in [2.45, 2.75) is 18.7 Å². The molecule has 4 aromatic rings. The third-order valence-electron chi connectivity index (χ3n) is 5.36. The zero-order chi connectivity index (χ0) is 24.6. The van der Waals surface area contributed by atoms with Crippen molar-refractivity contribution >= 4 is 55.6 Å². The van der Waals surface area contributed by atoms with Crippen LogP contribution in [0.25, 0.3) is 11.0 Å². The van der Waals surface area contributed by atoms with Gasteiger partial charge in [0.2, 0.25) is 0 Å². The van der Waals surface area contributed by atoms with Gasteiger partial charge in [-0.15, -0.1) is 0 Å². The first-order chi connectivity index (χ1) is 16.0. The number of furan rings is 1. The van der Waals surface area contributed by atoms with Crippen molar-refractivity contribution in [3.05, 3.63) is 88.1 Å². The SMILES string of the molecule is Cc1cc(NC(=O)c2oc3ccc(Cl)cc3c2C)ccc1NC(=O)c1cccc(S(C)(=O)=O)c1. The van der Waals surface area contributed by atoms with Gasteiger partial charge >= 0.3 is 0 Å². The van der Waals surface area contributed by atoms with E-state index in [0.29, 0.717) is 33.1 Å². The molecular formula is C25H21ClN2O5S. The fraction of sp³-hybridized carbons (Fsp3) is 0.120. The van der Waals surface area contributed by atoms with Crippen LogP contribution in [0.3, 0.4) is 0 Å². The maximum Gasteiger partial charge on any atom is 0.291 e. The van der Waals surface area contributed by atoms with Crippen LogP contribution in [-0.4, -0.2) is 26.5 Å². The Morgan fingerprint density at radius 3 is 2.38 bits per heavy atom. The number of hydrogen-bond acceptors (Lipinski definition) is 5. The second kappa shape index (κ2) is 8.96. The van der Waals surface area contributed by atoms with Crippen LogP contribution < -0.4 is 10.6 Å². The fourth-order valence-corrected chi connectivity index (χ4v) is 4.38. The van der Waals surface area contributed by atoms with Crippen LogP contribution in [0.1, 0.15) is 32.0 Å². The Morgan fingerprint density at radius 2 is 1.68 bits per heavy atom. The first-order valence-electron chi connectivity index (χ1n) is 10.2. The van der Waals surface area contributed by atoms with E-state index in [1.165, 1.54) is 24.3 Å². The zero-order valence-electron chi connectivity index (χ0n) is 18.6. The second-order valence-electron chi connectivity index (χ2n) is 7.93. The van der Waals surface area contributed by atoms with Gasteiger partial charge < -0.3 is 15.1 Å². The van der Waals surface area contributed by atoms with Gasteiger partial charge in [0, 0.05) is 39.2 Å². The molecule has 3 aromatic carbocycles. The molecule has 0 saturated carbocycles. The Morgan fingerprint density at radius 1 is 0.912 bits per heavy atom. The van der Waals surface area contributed by atoms with E-state index in [4.69, 9.17) is 16.0 Å². The maximum absolute atomic E-state index is 12.8. The van der Waals surface area contributed by atoms with E-state index in [9.17, 15) is 18.0 Å². The number of fused-ring (bicyclic) bond motifs is 1. The van der Waals surface area contributed by atoms with Crippen molar-refractivity contribution in [3.8, 4) is 0 Å². The largest absolute Gasteiger partial charge is 0.451 e. The number of nitrogens with one attached hydrogen (secondary N) is 2. The van der Waals surface area contributed by atoms with Gasteiger partial charge in [-0.3, -0.25) is 9.59 Å². The van der Waals surface area contributed by atoms with Crippen LogP contribution in [0.15, 0.2) is 70.0 Å². The van der Waals surface area contributed by atoms with E-state index in [-0.39, 0.29) is 16.2 Å². The molecule has 0 bridgehead atoms. The molecule has 0 fully saturated rings. The van der Waals surface area contributed by atoms with E-state index >= 15 is 0 Å². The molecule has 34 heavy (non-hydrogen) atoms. The third kappa shape index (κ3) is 4.83. The van der Waals surface area contributed by atoms with Crippen LogP contribution in [0.4, 0.5) is 11.4 Å². The number of rotatable bonds is 5. The van der Waals surface area contributed by atoms with Crippen molar-refractivity contribution in [3.63, 3.8) is 0 Å². The molecule has 0 spiro atoms. The fourth-order valence-electron chi connectivity index (χ4n) is 3.54. The average Bonchev–Trinajstić information content (AvgIpc) is 3.11. The molecule has 4 rings (SSSR count). The molecule has 0 atom stereocenters. The number of hydrogen-bond donors (Lipinski definition) is 2. The topological polar surface area (TPSA) is 105 Å². The molecule has 1 heterocycles. The summed E-state index contributed by atoms with van der Waals surface area (Å²) in [7, 11) is -3.43. The van der Waals surface area contributed by atoms with Gasteiger partial charge in [0.15, 0.2) is 15.6 Å². The normalized spacial score (nSPS) is 11.4. The lowest BCUT2D eigenvalue weighted by atomic mass is 10.1. The third-order valence-corrected chi connectivity index (χ3v) is 6.71. The number of sulfone groups is 1. The van der Waals surface area contributed by atoms with Gasteiger partial charge in [0.05, 0.1) is 4.90 Å². The average molecular weight is 497 g/mol. The Labute approximate surface area is 201 Å². The van der Waals surface area contributed by atoms with Gasteiger partial charge in [0.25, 0.3) is 11.8 Å². The monoisotopic (exact) mass is 496 g/mol. The van der Waals surface area contributed by atoms with Crippen molar-refractivity contribution < 1.29 is 22.4 Å². The second-order valence-corrected chi connectivity index (χ2v) is 10.4. The molecule has 1 aromatic heterocycles. The molecule has 0 unspecified atom stereocenters. The van der Waals surface area contributed by atoms with Gasteiger partial charge in [0.1, 0.15) is 5.58 Å². The van der Waals surface area contributed by atoms with E-state index in [0.717, 1.165) is 11.6 Å². The van der Waals surface area contributed by atoms with Crippen LogP contribution >= 0.6 is 11.6 Å². The first kappa shape index (κ1) is 23.5. The minimum absolute atomic E-state index is 0.0677. The van der Waals surface area contributed by atoms with E-state index in [1.54, 1.807) is 50.2 Å². The maximum atomic E-state index is 12.8. The lowest BCUT2D eigenvalue weighted by Crippen LogP contribution is -2.15. The molecular weight excluding hydrogens is 476 g/mol. The summed E-state index contributed by atoms with van der Waals surface area (Å²) in [4.78, 5) is 25.5. The summed E-state index contributed by atoms with van der Waals surface area (Å²) < 4.78 is 29.2. The van der Waals surface area contributed by atoms with E-state index in [1.807, 2.05) is 0 Å². The lowest BCUT2D eigenvalue weighted by Gasteiger charge is -2.11. The van der Waals surface area contributed by atoms with E-state index < -0.39 is 21.7 Å². The van der Waals surface area contributed by atoms with Gasteiger partial charge in [-0.05, 0) is 74.0 Å². The highest BCUT2D eigenvalue weighted by molar-refractivity contribution is 7.90. The number of aryl methyl sites for hydroxylation is 2. The van der Waals surface area contributed by atoms with Crippen LogP contribution in [0.2, 0.25) is 5.02 Å². The van der Waals surface area contributed by atoms with Crippen LogP contribution in [0, 0.1) is 13.8 Å². The number of carbonyl (C=O) groups excluding carboxylic acids is 2. The van der Waals surface area contributed by atoms with Crippen molar-refractivity contribution in [1.82, 2.24) is 0 Å². The summed E-state index contributed by atoms with van der Waals surface area (Å²) in [5, 5.41) is 6.90. The molecule has 0 radical (unpaired) electrons. The molecule has 9 heteroatoms. The van der Waals surface area contributed by atoms with Gasteiger partial charge in [-0.2, -0.15) is 0 Å². The predicted octanol–water partition coefficient (Wildman–Crippen LogP) is 5.61. The number of benzene rings is 3. The molecule has 0 saturated heterocycles. The number of carbonyl (C=O) groups is 2. The van der Waals surface area contributed by atoms with Crippen molar-refractivity contribution in [2.24, 2.45) is 0 Å². The highest BCUT2D eigenvalue weighted by atomic mass is 35.5. The summed E-state index contributed by atoms with van der Waals surface area (Å²) in [6, 6.07) is 16.0. The molecule has 2 amide bonds. The summed E-state index contributed by atoms with van der Waals surface area (Å²) in [6.07, 6.45) is 1.09. The predicted molar refractivity (Wildman–Crippen MR) is 133 cm³/mol. The number of anilines is 2. The standard InChI is InChI=1S/C25H21ClN2O5S/c1-14-11-18(27-25(30)23-15(2)20-13-17(26)7-10-22(20)33-23)8-9-21(14)28-24(29)16-5-4-6-19(12-16)34(3,31)32/h4-13H,1-3H3,(H,27,30)(H,28,29). The minimum atomic E-state index is -3.43. The summed E-state index contributed by atoms with van der Waals surface area (Å²) in [5.41, 5.74) is 3.24. The minimum Gasteiger partial charge on any atom is -0.451 e. The first-order valence-corrected chi connectivity index (χ1v) is 12.5. The lowest BCUT2D eigenvalue weighted by molar-refractivity contribution is 0.0995. The zero-order valence-corrected chi connectivity index (χ0v) is 20.2. The Hall–Kier alpha value is -3.62. The van der Waals surface area contributed by atoms with Gasteiger partial charge in [-0.1, -0.05) is 17.7 Å². The molecule has 2 N–H and O–H groups in total. The molecule has 0 aliphatic carbocycles. The van der Waals surface area contributed by atoms with Crippen molar-refractivity contribution in [2.75, 3.05) is 16.9 Å². The molecule has 0 aliphatic rings. The molecule has 7 nitrogen and oxygen atoms in total. The number of halogens is 1. The van der Waals surface area contributed by atoms with Crippen LogP contribution in [0.5, 0.6) is 0 Å². The van der Waals surface area contributed by atoms with Crippen LogP contribution in [-0.2, 0) is 9.84 Å².